The number of rotatable bonds is 3. The number of benzene rings is 1. The van der Waals surface area contributed by atoms with Crippen LogP contribution in [0, 0.1) is 5.92 Å². The average Bonchev–Trinajstić information content (AvgIpc) is 2.62. The van der Waals surface area contributed by atoms with Crippen molar-refractivity contribution in [3.63, 3.8) is 0 Å². The van der Waals surface area contributed by atoms with Gasteiger partial charge < -0.3 is 15.0 Å². The molecule has 0 aromatic heterocycles. The van der Waals surface area contributed by atoms with Gasteiger partial charge in [0.15, 0.2) is 0 Å². The third kappa shape index (κ3) is 4.21. The van der Waals surface area contributed by atoms with Gasteiger partial charge in [0.1, 0.15) is 0 Å². The second kappa shape index (κ2) is 7.56. The van der Waals surface area contributed by atoms with Crippen LogP contribution in [-0.4, -0.2) is 42.0 Å². The first-order chi connectivity index (χ1) is 12.0. The van der Waals surface area contributed by atoms with Crippen molar-refractivity contribution in [2.45, 2.75) is 51.5 Å². The lowest BCUT2D eigenvalue weighted by Crippen LogP contribution is -2.55. The van der Waals surface area contributed by atoms with E-state index in [9.17, 15) is 9.59 Å². The first-order valence-corrected chi connectivity index (χ1v) is 9.28. The van der Waals surface area contributed by atoms with Crippen LogP contribution in [0.5, 0.6) is 0 Å². The summed E-state index contributed by atoms with van der Waals surface area (Å²) >= 11 is 0. The van der Waals surface area contributed by atoms with Gasteiger partial charge in [0.05, 0.1) is 18.8 Å². The van der Waals surface area contributed by atoms with Crippen LogP contribution in [0.3, 0.4) is 0 Å². The highest BCUT2D eigenvalue weighted by atomic mass is 16.5. The molecule has 0 radical (unpaired) electrons. The van der Waals surface area contributed by atoms with E-state index in [4.69, 9.17) is 4.74 Å². The molecular formula is C20H28N2O3. The van der Waals surface area contributed by atoms with Gasteiger partial charge in [-0.2, -0.15) is 0 Å². The van der Waals surface area contributed by atoms with Gasteiger partial charge in [-0.3, -0.25) is 9.59 Å². The summed E-state index contributed by atoms with van der Waals surface area (Å²) in [6.07, 6.45) is 5.48. The van der Waals surface area contributed by atoms with Crippen molar-refractivity contribution >= 4 is 17.5 Å². The fraction of sp³-hybridized carbons (Fsp3) is 0.600. The molecule has 1 aromatic carbocycles. The number of morpholine rings is 1. The molecule has 2 fully saturated rings. The van der Waals surface area contributed by atoms with E-state index in [1.807, 2.05) is 30.9 Å². The minimum atomic E-state index is -0.302. The normalized spacial score (nSPS) is 21.0. The number of anilines is 1. The smallest absolute Gasteiger partial charge is 0.254 e. The van der Waals surface area contributed by atoms with E-state index < -0.39 is 0 Å². The van der Waals surface area contributed by atoms with Crippen LogP contribution in [-0.2, 0) is 9.53 Å². The van der Waals surface area contributed by atoms with Crippen molar-refractivity contribution in [3.05, 3.63) is 29.8 Å². The predicted molar refractivity (Wildman–Crippen MR) is 97.6 cm³/mol. The zero-order valence-corrected chi connectivity index (χ0v) is 15.2. The first kappa shape index (κ1) is 17.9. The Morgan fingerprint density at radius 3 is 2.44 bits per heavy atom. The SMILES string of the molecule is CC1(C)COCCN1C(=O)c1ccc(NC(=O)C2CCCCC2)cc1. The number of nitrogens with zero attached hydrogens (tertiary/aromatic N) is 1. The van der Waals surface area contributed by atoms with Crippen molar-refractivity contribution in [1.82, 2.24) is 4.90 Å². The summed E-state index contributed by atoms with van der Waals surface area (Å²) in [5, 5.41) is 2.99. The Labute approximate surface area is 149 Å². The monoisotopic (exact) mass is 344 g/mol. The highest BCUT2D eigenvalue weighted by Gasteiger charge is 2.34. The molecule has 1 aromatic rings. The second-order valence-electron chi connectivity index (χ2n) is 7.72. The summed E-state index contributed by atoms with van der Waals surface area (Å²) in [4.78, 5) is 27.0. The van der Waals surface area contributed by atoms with Crippen LogP contribution in [0.25, 0.3) is 0 Å². The van der Waals surface area contributed by atoms with Crippen LogP contribution in [0.2, 0.25) is 0 Å². The summed E-state index contributed by atoms with van der Waals surface area (Å²) in [7, 11) is 0. The van der Waals surface area contributed by atoms with Crippen LogP contribution in [0.15, 0.2) is 24.3 Å². The van der Waals surface area contributed by atoms with E-state index in [1.54, 1.807) is 12.1 Å². The number of carbonyl (C=O) groups excluding carboxylic acids is 2. The largest absolute Gasteiger partial charge is 0.377 e. The Bertz CT molecular complexity index is 618. The molecule has 0 spiro atoms. The Morgan fingerprint density at radius 2 is 1.80 bits per heavy atom. The lowest BCUT2D eigenvalue weighted by molar-refractivity contribution is -0.120. The fourth-order valence-corrected chi connectivity index (χ4v) is 3.70. The molecule has 1 saturated heterocycles. The Kier molecular flexibility index (Phi) is 5.42. The molecule has 5 nitrogen and oxygen atoms in total. The molecule has 1 heterocycles. The third-order valence-corrected chi connectivity index (χ3v) is 5.27. The van der Waals surface area contributed by atoms with Gasteiger partial charge in [-0.15, -0.1) is 0 Å². The second-order valence-corrected chi connectivity index (χ2v) is 7.72. The van der Waals surface area contributed by atoms with Crippen molar-refractivity contribution in [3.8, 4) is 0 Å². The lowest BCUT2D eigenvalue weighted by Gasteiger charge is -2.42. The van der Waals surface area contributed by atoms with Crippen LogP contribution >= 0.6 is 0 Å². The topological polar surface area (TPSA) is 58.6 Å². The number of hydrogen-bond donors (Lipinski definition) is 1. The fourth-order valence-electron chi connectivity index (χ4n) is 3.70. The van der Waals surface area contributed by atoms with Crippen LogP contribution < -0.4 is 5.32 Å². The zero-order chi connectivity index (χ0) is 17.9. The first-order valence-electron chi connectivity index (χ1n) is 9.28. The number of amides is 2. The van der Waals surface area contributed by atoms with Crippen LogP contribution in [0.4, 0.5) is 5.69 Å². The van der Waals surface area contributed by atoms with E-state index in [2.05, 4.69) is 5.32 Å². The minimum absolute atomic E-state index is 0.0125. The number of hydrogen-bond acceptors (Lipinski definition) is 3. The molecule has 5 heteroatoms. The molecule has 1 aliphatic carbocycles. The summed E-state index contributed by atoms with van der Waals surface area (Å²) in [6, 6.07) is 7.23. The molecule has 136 valence electrons. The molecule has 1 aliphatic heterocycles. The van der Waals surface area contributed by atoms with E-state index in [-0.39, 0.29) is 23.3 Å². The summed E-state index contributed by atoms with van der Waals surface area (Å²) in [5.41, 5.74) is 1.10. The summed E-state index contributed by atoms with van der Waals surface area (Å²) in [6.45, 7) is 5.76. The Hall–Kier alpha value is -1.88. The highest BCUT2D eigenvalue weighted by Crippen LogP contribution is 2.26. The standard InChI is InChI=1S/C20H28N2O3/c1-20(2)14-25-13-12-22(20)19(24)16-8-10-17(11-9-16)21-18(23)15-6-4-3-5-7-15/h8-11,15H,3-7,12-14H2,1-2H3,(H,21,23). The average molecular weight is 344 g/mol. The molecule has 1 N–H and O–H groups in total. The molecule has 2 aliphatic rings. The Morgan fingerprint density at radius 1 is 1.12 bits per heavy atom. The van der Waals surface area contributed by atoms with Gasteiger partial charge in [0.25, 0.3) is 5.91 Å². The highest BCUT2D eigenvalue weighted by molar-refractivity contribution is 5.96. The molecule has 0 atom stereocenters. The maximum absolute atomic E-state index is 12.8. The number of ether oxygens (including phenoxy) is 1. The van der Waals surface area contributed by atoms with Crippen molar-refractivity contribution in [1.29, 1.82) is 0 Å². The van der Waals surface area contributed by atoms with Gasteiger partial charge in [-0.1, -0.05) is 19.3 Å². The number of carbonyl (C=O) groups is 2. The number of nitrogens with one attached hydrogen (secondary N) is 1. The molecule has 1 saturated carbocycles. The molecular weight excluding hydrogens is 316 g/mol. The van der Waals surface area contributed by atoms with E-state index in [0.29, 0.717) is 25.3 Å². The van der Waals surface area contributed by atoms with Gasteiger partial charge in [0.2, 0.25) is 5.91 Å². The maximum Gasteiger partial charge on any atom is 0.254 e. The van der Waals surface area contributed by atoms with Crippen molar-refractivity contribution in [2.24, 2.45) is 5.92 Å². The van der Waals surface area contributed by atoms with Crippen molar-refractivity contribution in [2.75, 3.05) is 25.1 Å². The lowest BCUT2D eigenvalue weighted by atomic mass is 9.88. The van der Waals surface area contributed by atoms with Crippen molar-refractivity contribution < 1.29 is 14.3 Å². The zero-order valence-electron chi connectivity index (χ0n) is 15.2. The summed E-state index contributed by atoms with van der Waals surface area (Å²) in [5.74, 6) is 0.246. The molecule has 3 rings (SSSR count). The Balaban J connectivity index is 1.63. The van der Waals surface area contributed by atoms with Gasteiger partial charge in [0, 0.05) is 23.7 Å². The molecule has 0 unspecified atom stereocenters. The predicted octanol–water partition coefficient (Wildman–Crippen LogP) is 3.46. The molecule has 0 bridgehead atoms. The van der Waals surface area contributed by atoms with Gasteiger partial charge in [-0.25, -0.2) is 0 Å². The summed E-state index contributed by atoms with van der Waals surface area (Å²) < 4.78 is 5.48. The molecule has 2 amide bonds. The van der Waals surface area contributed by atoms with Crippen LogP contribution in [0.1, 0.15) is 56.3 Å². The molecule has 25 heavy (non-hydrogen) atoms. The van der Waals surface area contributed by atoms with Gasteiger partial charge in [-0.05, 0) is 51.0 Å². The quantitative estimate of drug-likeness (QED) is 0.913. The van der Waals surface area contributed by atoms with E-state index in [0.717, 1.165) is 31.4 Å². The third-order valence-electron chi connectivity index (χ3n) is 5.27. The van der Waals surface area contributed by atoms with Gasteiger partial charge >= 0.3 is 0 Å². The maximum atomic E-state index is 12.8. The van der Waals surface area contributed by atoms with E-state index in [1.165, 1.54) is 6.42 Å². The van der Waals surface area contributed by atoms with E-state index >= 15 is 0 Å². The minimum Gasteiger partial charge on any atom is -0.377 e.